The van der Waals surface area contributed by atoms with Crippen molar-refractivity contribution in [3.63, 3.8) is 0 Å². The van der Waals surface area contributed by atoms with Crippen LogP contribution in [-0.2, 0) is 0 Å². The van der Waals surface area contributed by atoms with Crippen molar-refractivity contribution in [1.82, 2.24) is 15.5 Å². The van der Waals surface area contributed by atoms with Crippen molar-refractivity contribution >= 4 is 33.6 Å². The third-order valence-corrected chi connectivity index (χ3v) is 5.58. The summed E-state index contributed by atoms with van der Waals surface area (Å²) in [5.41, 5.74) is 3.59. The molecule has 0 saturated carbocycles. The molecule has 4 rings (SSSR count). The summed E-state index contributed by atoms with van der Waals surface area (Å²) in [6, 6.07) is 10.0. The number of fused-ring (bicyclic) bond motifs is 1. The highest BCUT2D eigenvalue weighted by Crippen LogP contribution is 2.29. The average Bonchev–Trinajstić information content (AvgIpc) is 3.30. The van der Waals surface area contributed by atoms with Gasteiger partial charge in [0.1, 0.15) is 11.5 Å². The van der Waals surface area contributed by atoms with E-state index >= 15 is 0 Å². The third kappa shape index (κ3) is 3.73. The molecule has 0 fully saturated rings. The van der Waals surface area contributed by atoms with E-state index in [0.29, 0.717) is 23.4 Å². The Labute approximate surface area is 160 Å². The number of thioether (sulfide) groups is 1. The molecule has 0 atom stereocenters. The second-order valence-electron chi connectivity index (χ2n) is 6.43. The van der Waals surface area contributed by atoms with Gasteiger partial charge in [0.05, 0.1) is 10.6 Å². The Kier molecular flexibility index (Phi) is 4.94. The summed E-state index contributed by atoms with van der Waals surface area (Å²) in [7, 11) is 0. The molecule has 1 amide bonds. The van der Waals surface area contributed by atoms with E-state index in [4.69, 9.17) is 0 Å². The maximum absolute atomic E-state index is 13.6. The Hall–Kier alpha value is -2.67. The summed E-state index contributed by atoms with van der Waals surface area (Å²) < 4.78 is 13.6. The van der Waals surface area contributed by atoms with E-state index in [0.717, 1.165) is 40.2 Å². The van der Waals surface area contributed by atoms with Crippen molar-refractivity contribution in [1.29, 1.82) is 0 Å². The van der Waals surface area contributed by atoms with Crippen molar-refractivity contribution in [3.8, 4) is 11.3 Å². The van der Waals surface area contributed by atoms with Crippen LogP contribution in [0.5, 0.6) is 0 Å². The van der Waals surface area contributed by atoms with Gasteiger partial charge in [0.2, 0.25) is 0 Å². The number of aromatic nitrogens is 2. The summed E-state index contributed by atoms with van der Waals surface area (Å²) in [5, 5.41) is 12.2. The van der Waals surface area contributed by atoms with Crippen LogP contribution in [0.2, 0.25) is 0 Å². The van der Waals surface area contributed by atoms with E-state index < -0.39 is 0 Å². The van der Waals surface area contributed by atoms with Gasteiger partial charge in [-0.25, -0.2) is 4.39 Å². The lowest BCUT2D eigenvalue weighted by Crippen LogP contribution is -2.26. The molecule has 0 saturated heterocycles. The van der Waals surface area contributed by atoms with Crippen molar-refractivity contribution in [2.24, 2.45) is 4.99 Å². The minimum Gasteiger partial charge on any atom is -0.352 e. The first kappa shape index (κ1) is 17.7. The number of benzene rings is 2. The summed E-state index contributed by atoms with van der Waals surface area (Å²) in [6.07, 6.45) is 0.762. The van der Waals surface area contributed by atoms with Crippen molar-refractivity contribution in [3.05, 3.63) is 53.3 Å². The number of H-pyrrole nitrogens is 1. The lowest BCUT2D eigenvalue weighted by atomic mass is 10.0. The second-order valence-corrected chi connectivity index (χ2v) is 7.59. The fourth-order valence-electron chi connectivity index (χ4n) is 3.18. The van der Waals surface area contributed by atoms with E-state index in [9.17, 15) is 9.18 Å². The predicted molar refractivity (Wildman–Crippen MR) is 108 cm³/mol. The number of nitrogens with one attached hydrogen (secondary N) is 2. The highest BCUT2D eigenvalue weighted by atomic mass is 32.2. The van der Waals surface area contributed by atoms with Gasteiger partial charge in [0.15, 0.2) is 0 Å². The average molecular weight is 382 g/mol. The number of rotatable bonds is 5. The fraction of sp³-hybridized carbons (Fsp3) is 0.250. The first-order valence-corrected chi connectivity index (χ1v) is 9.79. The van der Waals surface area contributed by atoms with Crippen LogP contribution in [0.15, 0.2) is 41.4 Å². The largest absolute Gasteiger partial charge is 0.352 e. The third-order valence-electron chi connectivity index (χ3n) is 4.52. The predicted octanol–water partition coefficient (Wildman–Crippen LogP) is 3.94. The number of amides is 1. The minimum atomic E-state index is -0.318. The van der Waals surface area contributed by atoms with Crippen LogP contribution in [0.3, 0.4) is 0 Å². The Morgan fingerprint density at radius 2 is 2.22 bits per heavy atom. The first-order chi connectivity index (χ1) is 13.1. The van der Waals surface area contributed by atoms with Gasteiger partial charge in [-0.05, 0) is 36.8 Å². The highest BCUT2D eigenvalue weighted by Gasteiger charge is 2.16. The number of halogens is 1. The number of aliphatic imine (C=N–C) groups is 1. The molecule has 2 heterocycles. The van der Waals surface area contributed by atoms with Crippen LogP contribution in [0.4, 0.5) is 4.39 Å². The number of carbonyl (C=O) groups excluding carboxylic acids is 1. The normalized spacial score (nSPS) is 13.8. The number of hydrogen-bond acceptors (Lipinski definition) is 4. The van der Waals surface area contributed by atoms with Crippen LogP contribution in [0.25, 0.3) is 22.2 Å². The lowest BCUT2D eigenvalue weighted by Gasteiger charge is -2.08. The lowest BCUT2D eigenvalue weighted by molar-refractivity contribution is 0.0954. The molecule has 3 aromatic rings. The van der Waals surface area contributed by atoms with E-state index in [2.05, 4.69) is 20.5 Å². The fourth-order valence-corrected chi connectivity index (χ4v) is 4.03. The number of carbonyl (C=O) groups is 1. The van der Waals surface area contributed by atoms with Crippen molar-refractivity contribution in [2.75, 3.05) is 18.8 Å². The molecule has 0 unspecified atom stereocenters. The van der Waals surface area contributed by atoms with Crippen molar-refractivity contribution in [2.45, 2.75) is 13.3 Å². The van der Waals surface area contributed by atoms with Crippen LogP contribution in [0.1, 0.15) is 22.3 Å². The van der Waals surface area contributed by atoms with Crippen LogP contribution in [-0.4, -0.2) is 40.0 Å². The molecular weight excluding hydrogens is 363 g/mol. The topological polar surface area (TPSA) is 70.1 Å². The molecule has 138 valence electrons. The molecule has 7 heteroatoms. The standard InChI is InChI=1S/C20H19FN4OS/c1-12-9-17-16(19(25-24-17)13-3-2-4-14(21)10-13)11-15(12)20(26)23-6-5-18-22-7-8-27-18/h2-4,9-11H,5-8H2,1H3,(H,23,26)(H,24,25). The van der Waals surface area contributed by atoms with Gasteiger partial charge in [-0.2, -0.15) is 5.10 Å². The van der Waals surface area contributed by atoms with E-state index in [1.807, 2.05) is 19.1 Å². The number of hydrogen-bond donors (Lipinski definition) is 2. The molecule has 0 spiro atoms. The monoisotopic (exact) mass is 382 g/mol. The molecular formula is C20H19FN4OS. The molecule has 5 nitrogen and oxygen atoms in total. The molecule has 27 heavy (non-hydrogen) atoms. The zero-order valence-corrected chi connectivity index (χ0v) is 15.7. The van der Waals surface area contributed by atoms with Gasteiger partial charge in [-0.1, -0.05) is 12.1 Å². The van der Waals surface area contributed by atoms with Gasteiger partial charge >= 0.3 is 0 Å². The molecule has 0 radical (unpaired) electrons. The molecule has 2 N–H and O–H groups in total. The summed E-state index contributed by atoms with van der Waals surface area (Å²) >= 11 is 1.75. The Morgan fingerprint density at radius 3 is 3.00 bits per heavy atom. The van der Waals surface area contributed by atoms with Crippen molar-refractivity contribution < 1.29 is 9.18 Å². The molecule has 1 aromatic heterocycles. The summed E-state index contributed by atoms with van der Waals surface area (Å²) in [5.74, 6) is 0.591. The maximum Gasteiger partial charge on any atom is 0.251 e. The van der Waals surface area contributed by atoms with Gasteiger partial charge < -0.3 is 5.32 Å². The molecule has 0 bridgehead atoms. The molecule has 2 aromatic carbocycles. The highest BCUT2D eigenvalue weighted by molar-refractivity contribution is 8.14. The van der Waals surface area contributed by atoms with Crippen LogP contribution < -0.4 is 5.32 Å². The zero-order chi connectivity index (χ0) is 18.8. The van der Waals surface area contributed by atoms with Gasteiger partial charge in [-0.15, -0.1) is 11.8 Å². The SMILES string of the molecule is Cc1cc2[nH]nc(-c3cccc(F)c3)c2cc1C(=O)NCCC1=NCCS1. The summed E-state index contributed by atoms with van der Waals surface area (Å²) in [6.45, 7) is 3.32. The molecule has 1 aliphatic heterocycles. The Morgan fingerprint density at radius 1 is 1.33 bits per heavy atom. The minimum absolute atomic E-state index is 0.121. The van der Waals surface area contributed by atoms with Gasteiger partial charge in [0.25, 0.3) is 5.91 Å². The molecule has 0 aliphatic carbocycles. The van der Waals surface area contributed by atoms with Crippen LogP contribution in [0, 0.1) is 12.7 Å². The number of nitrogens with zero attached hydrogens (tertiary/aromatic N) is 2. The van der Waals surface area contributed by atoms with Crippen LogP contribution >= 0.6 is 11.8 Å². The number of aromatic amines is 1. The smallest absolute Gasteiger partial charge is 0.251 e. The first-order valence-electron chi connectivity index (χ1n) is 8.81. The Balaban J connectivity index is 1.59. The maximum atomic E-state index is 13.6. The zero-order valence-electron chi connectivity index (χ0n) is 14.9. The van der Waals surface area contributed by atoms with Gasteiger partial charge in [-0.3, -0.25) is 14.9 Å². The van der Waals surface area contributed by atoms with E-state index in [1.165, 1.54) is 12.1 Å². The summed E-state index contributed by atoms with van der Waals surface area (Å²) in [4.78, 5) is 17.1. The second kappa shape index (κ2) is 7.52. The van der Waals surface area contributed by atoms with E-state index in [-0.39, 0.29) is 11.7 Å². The molecule has 1 aliphatic rings. The number of aryl methyl sites for hydroxylation is 1. The Bertz CT molecular complexity index is 1040. The quantitative estimate of drug-likeness (QED) is 0.702. The van der Waals surface area contributed by atoms with E-state index in [1.54, 1.807) is 23.9 Å². The van der Waals surface area contributed by atoms with Gasteiger partial charge in [0, 0.05) is 41.8 Å².